The van der Waals surface area contributed by atoms with Crippen molar-refractivity contribution in [2.45, 2.75) is 65.5 Å². The van der Waals surface area contributed by atoms with Crippen molar-refractivity contribution in [3.8, 4) is 0 Å². The highest BCUT2D eigenvalue weighted by Gasteiger charge is 2.29. The van der Waals surface area contributed by atoms with Crippen LogP contribution in [-0.4, -0.2) is 30.6 Å². The molecule has 0 aromatic heterocycles. The average molecular weight is 226 g/mol. The lowest BCUT2D eigenvalue weighted by Gasteiger charge is -2.39. The van der Waals surface area contributed by atoms with Crippen LogP contribution in [0.15, 0.2) is 0 Å². The molecular formula is C14H30N2. The van der Waals surface area contributed by atoms with E-state index in [2.05, 4.69) is 39.6 Å². The molecule has 2 heteroatoms. The maximum atomic E-state index is 5.93. The summed E-state index contributed by atoms with van der Waals surface area (Å²) in [5, 5.41) is 0. The van der Waals surface area contributed by atoms with Crippen molar-refractivity contribution in [3.05, 3.63) is 0 Å². The van der Waals surface area contributed by atoms with E-state index in [1.165, 1.54) is 25.7 Å². The molecule has 1 aliphatic rings. The monoisotopic (exact) mass is 226 g/mol. The van der Waals surface area contributed by atoms with Crippen molar-refractivity contribution < 1.29 is 0 Å². The maximum absolute atomic E-state index is 5.93. The third-order valence-corrected chi connectivity index (χ3v) is 4.41. The molecule has 1 aliphatic carbocycles. The summed E-state index contributed by atoms with van der Waals surface area (Å²) in [5.41, 5.74) is 6.50. The molecule has 1 fully saturated rings. The Balaban J connectivity index is 2.36. The van der Waals surface area contributed by atoms with Crippen molar-refractivity contribution in [3.63, 3.8) is 0 Å². The Morgan fingerprint density at radius 2 is 1.75 bits per heavy atom. The molecule has 0 bridgehead atoms. The van der Waals surface area contributed by atoms with Crippen LogP contribution in [0.5, 0.6) is 0 Å². The SMILES string of the molecule is CC(N)C(C)CN(C)C1CCC(C)(C)CC1. The molecule has 2 N–H and O–H groups in total. The highest BCUT2D eigenvalue weighted by Crippen LogP contribution is 2.36. The summed E-state index contributed by atoms with van der Waals surface area (Å²) in [5.74, 6) is 0.597. The summed E-state index contributed by atoms with van der Waals surface area (Å²) in [6.07, 6.45) is 5.45. The maximum Gasteiger partial charge on any atom is 0.00927 e. The van der Waals surface area contributed by atoms with Gasteiger partial charge in [-0.3, -0.25) is 0 Å². The van der Waals surface area contributed by atoms with Crippen LogP contribution in [0.3, 0.4) is 0 Å². The van der Waals surface area contributed by atoms with Gasteiger partial charge < -0.3 is 10.6 Å². The van der Waals surface area contributed by atoms with Crippen molar-refractivity contribution in [1.29, 1.82) is 0 Å². The van der Waals surface area contributed by atoms with Crippen LogP contribution < -0.4 is 5.73 Å². The number of rotatable bonds is 4. The van der Waals surface area contributed by atoms with E-state index in [0.717, 1.165) is 12.6 Å². The molecule has 96 valence electrons. The van der Waals surface area contributed by atoms with Gasteiger partial charge in [0.05, 0.1) is 0 Å². The highest BCUT2D eigenvalue weighted by molar-refractivity contribution is 4.83. The molecule has 16 heavy (non-hydrogen) atoms. The first-order valence-electron chi connectivity index (χ1n) is 6.77. The standard InChI is InChI=1S/C14H30N2/c1-11(12(2)15)10-16(5)13-6-8-14(3,4)9-7-13/h11-13H,6-10,15H2,1-5H3. The van der Waals surface area contributed by atoms with Crippen molar-refractivity contribution >= 4 is 0 Å². The van der Waals surface area contributed by atoms with Gasteiger partial charge in [-0.15, -0.1) is 0 Å². The lowest BCUT2D eigenvalue weighted by Crippen LogP contribution is -2.42. The van der Waals surface area contributed by atoms with Crippen LogP contribution in [0.2, 0.25) is 0 Å². The third-order valence-electron chi connectivity index (χ3n) is 4.41. The molecule has 0 spiro atoms. The number of nitrogens with two attached hydrogens (primary N) is 1. The minimum atomic E-state index is 0.308. The predicted molar refractivity (Wildman–Crippen MR) is 71.5 cm³/mol. The molecule has 0 radical (unpaired) electrons. The van der Waals surface area contributed by atoms with E-state index in [1.807, 2.05) is 0 Å². The molecule has 0 amide bonds. The number of hydrogen-bond acceptors (Lipinski definition) is 2. The van der Waals surface area contributed by atoms with Crippen LogP contribution >= 0.6 is 0 Å². The van der Waals surface area contributed by atoms with E-state index >= 15 is 0 Å². The van der Waals surface area contributed by atoms with Crippen molar-refractivity contribution in [2.24, 2.45) is 17.1 Å². The Bertz CT molecular complexity index is 201. The average Bonchev–Trinajstić information content (AvgIpc) is 2.17. The van der Waals surface area contributed by atoms with E-state index < -0.39 is 0 Å². The van der Waals surface area contributed by atoms with E-state index in [0.29, 0.717) is 17.4 Å². The Morgan fingerprint density at radius 3 is 2.19 bits per heavy atom. The van der Waals surface area contributed by atoms with Crippen LogP contribution in [0, 0.1) is 11.3 Å². The summed E-state index contributed by atoms with van der Waals surface area (Å²) >= 11 is 0. The van der Waals surface area contributed by atoms with Gasteiger partial charge in [-0.25, -0.2) is 0 Å². The van der Waals surface area contributed by atoms with Gasteiger partial charge in [0.15, 0.2) is 0 Å². The minimum Gasteiger partial charge on any atom is -0.328 e. The van der Waals surface area contributed by atoms with Crippen LogP contribution in [0.1, 0.15) is 53.4 Å². The Labute approximate surface area is 102 Å². The second kappa shape index (κ2) is 5.50. The molecule has 1 saturated carbocycles. The second-order valence-electron chi connectivity index (χ2n) is 6.67. The van der Waals surface area contributed by atoms with E-state index in [4.69, 9.17) is 5.73 Å². The van der Waals surface area contributed by atoms with Gasteiger partial charge in [0, 0.05) is 18.6 Å². The summed E-state index contributed by atoms with van der Waals surface area (Å²) in [6, 6.07) is 1.09. The fourth-order valence-corrected chi connectivity index (χ4v) is 2.59. The van der Waals surface area contributed by atoms with Crippen LogP contribution in [0.25, 0.3) is 0 Å². The molecule has 0 aromatic rings. The number of nitrogens with zero attached hydrogens (tertiary/aromatic N) is 1. The van der Waals surface area contributed by atoms with E-state index in [-0.39, 0.29) is 0 Å². The van der Waals surface area contributed by atoms with Gasteiger partial charge in [-0.2, -0.15) is 0 Å². The summed E-state index contributed by atoms with van der Waals surface area (Å²) in [7, 11) is 2.27. The van der Waals surface area contributed by atoms with Crippen molar-refractivity contribution in [1.82, 2.24) is 4.90 Å². The fraction of sp³-hybridized carbons (Fsp3) is 1.00. The molecule has 1 rings (SSSR count). The Morgan fingerprint density at radius 1 is 1.25 bits per heavy atom. The quantitative estimate of drug-likeness (QED) is 0.798. The molecule has 0 heterocycles. The van der Waals surface area contributed by atoms with Crippen LogP contribution in [0.4, 0.5) is 0 Å². The molecule has 2 nitrogen and oxygen atoms in total. The molecule has 0 aromatic carbocycles. The lowest BCUT2D eigenvalue weighted by molar-refractivity contribution is 0.114. The van der Waals surface area contributed by atoms with Gasteiger partial charge in [-0.05, 0) is 51.0 Å². The molecule has 2 atom stereocenters. The first-order valence-corrected chi connectivity index (χ1v) is 6.77. The van der Waals surface area contributed by atoms with Gasteiger partial charge in [0.25, 0.3) is 0 Å². The second-order valence-corrected chi connectivity index (χ2v) is 6.67. The van der Waals surface area contributed by atoms with Gasteiger partial charge in [0.1, 0.15) is 0 Å². The number of hydrogen-bond donors (Lipinski definition) is 1. The zero-order valence-electron chi connectivity index (χ0n) is 11.8. The van der Waals surface area contributed by atoms with Gasteiger partial charge in [-0.1, -0.05) is 20.8 Å². The zero-order chi connectivity index (χ0) is 12.3. The zero-order valence-corrected chi connectivity index (χ0v) is 11.8. The van der Waals surface area contributed by atoms with Gasteiger partial charge >= 0.3 is 0 Å². The van der Waals surface area contributed by atoms with E-state index in [9.17, 15) is 0 Å². The molecule has 0 aliphatic heterocycles. The Hall–Kier alpha value is -0.0800. The van der Waals surface area contributed by atoms with Gasteiger partial charge in [0.2, 0.25) is 0 Å². The molecule has 2 unspecified atom stereocenters. The predicted octanol–water partition coefficient (Wildman–Crippen LogP) is 2.87. The normalized spacial score (nSPS) is 25.7. The fourth-order valence-electron chi connectivity index (χ4n) is 2.59. The minimum absolute atomic E-state index is 0.308. The van der Waals surface area contributed by atoms with Crippen molar-refractivity contribution in [2.75, 3.05) is 13.6 Å². The topological polar surface area (TPSA) is 29.3 Å². The Kier molecular flexibility index (Phi) is 4.81. The van der Waals surface area contributed by atoms with Crippen LogP contribution in [-0.2, 0) is 0 Å². The summed E-state index contributed by atoms with van der Waals surface area (Å²) < 4.78 is 0. The molecule has 0 saturated heterocycles. The smallest absolute Gasteiger partial charge is 0.00927 e. The van der Waals surface area contributed by atoms with E-state index in [1.54, 1.807) is 0 Å². The third kappa shape index (κ3) is 4.06. The lowest BCUT2D eigenvalue weighted by atomic mass is 9.75. The first kappa shape index (κ1) is 14.0. The highest BCUT2D eigenvalue weighted by atomic mass is 15.1. The summed E-state index contributed by atoms with van der Waals surface area (Å²) in [4.78, 5) is 2.53. The largest absolute Gasteiger partial charge is 0.328 e. The molecular weight excluding hydrogens is 196 g/mol. The summed E-state index contributed by atoms with van der Waals surface area (Å²) in [6.45, 7) is 10.3. The first-order chi connectivity index (χ1) is 7.32.